The third-order valence-corrected chi connectivity index (χ3v) is 9.23. The molecule has 1 heterocycles. The number of nitro benzene ring substituents is 1. The molecule has 3 atom stereocenters. The van der Waals surface area contributed by atoms with Gasteiger partial charge in [0.15, 0.2) is 6.35 Å². The average molecular weight is 670 g/mol. The molecule has 1 aliphatic heterocycles. The molecule has 0 saturated carbocycles. The van der Waals surface area contributed by atoms with Crippen LogP contribution in [-0.4, -0.2) is 72.5 Å². The van der Waals surface area contributed by atoms with Crippen LogP contribution in [0.3, 0.4) is 0 Å². The van der Waals surface area contributed by atoms with Crippen LogP contribution in [0, 0.1) is 10.1 Å². The van der Waals surface area contributed by atoms with Crippen LogP contribution >= 0.6 is 0 Å². The normalized spacial score (nSPS) is 20.3. The largest absolute Gasteiger partial charge is 0.453 e. The van der Waals surface area contributed by atoms with Gasteiger partial charge in [0.2, 0.25) is 0 Å². The molecule has 1 aromatic rings. The summed E-state index contributed by atoms with van der Waals surface area (Å²) in [5.74, 6) is -4.74. The standard InChI is InChI=1S/C27H39F8N3O5S/c1-24(2)22(39)37(19-12-13-21(38(41)42)20(18-19)26(30,31)32)23(40)36(24)15-9-7-5-3-4-6-8-10-16-44(43)17-11-14-25(28,29)27(33,34)35/h12-13,18,22-23,39-40H,3-11,14-17H2,1-2H3. The van der Waals surface area contributed by atoms with Crippen molar-refractivity contribution in [2.75, 3.05) is 23.0 Å². The van der Waals surface area contributed by atoms with Gasteiger partial charge < -0.3 is 15.1 Å². The fourth-order valence-electron chi connectivity index (χ4n) is 5.12. The number of anilines is 1. The Morgan fingerprint density at radius 1 is 0.886 bits per heavy atom. The molecule has 1 saturated heterocycles. The maximum absolute atomic E-state index is 13.5. The summed E-state index contributed by atoms with van der Waals surface area (Å²) in [6, 6.07) is 2.29. The zero-order chi connectivity index (χ0) is 33.5. The highest BCUT2D eigenvalue weighted by Gasteiger charge is 2.56. The number of unbranched alkanes of at least 4 members (excludes halogenated alkanes) is 7. The molecule has 3 unspecified atom stereocenters. The number of alkyl halides is 8. The number of halogens is 8. The summed E-state index contributed by atoms with van der Waals surface area (Å²) in [6.07, 6.45) is -9.26. The molecule has 44 heavy (non-hydrogen) atoms. The topological polar surface area (TPSA) is 107 Å². The Bertz CT molecular complexity index is 1120. The summed E-state index contributed by atoms with van der Waals surface area (Å²) in [6.45, 7) is 3.57. The van der Waals surface area contributed by atoms with E-state index in [1.54, 1.807) is 18.7 Å². The van der Waals surface area contributed by atoms with E-state index < -0.39 is 76.2 Å². The van der Waals surface area contributed by atoms with E-state index in [0.29, 0.717) is 31.5 Å². The van der Waals surface area contributed by atoms with Crippen molar-refractivity contribution in [2.45, 2.75) is 114 Å². The second kappa shape index (κ2) is 15.5. The number of benzene rings is 1. The fourth-order valence-corrected chi connectivity index (χ4v) is 6.31. The molecule has 0 bridgehead atoms. The van der Waals surface area contributed by atoms with Gasteiger partial charge in [0.25, 0.3) is 5.69 Å². The lowest BCUT2D eigenvalue weighted by molar-refractivity contribution is -0.388. The van der Waals surface area contributed by atoms with E-state index in [2.05, 4.69) is 0 Å². The number of nitro groups is 1. The molecule has 0 amide bonds. The van der Waals surface area contributed by atoms with Gasteiger partial charge in [-0.2, -0.15) is 35.1 Å². The highest BCUT2D eigenvalue weighted by molar-refractivity contribution is 7.84. The van der Waals surface area contributed by atoms with Gasteiger partial charge in [-0.1, -0.05) is 38.5 Å². The van der Waals surface area contributed by atoms with Gasteiger partial charge in [-0.05, 0) is 45.2 Å². The van der Waals surface area contributed by atoms with Gasteiger partial charge in [-0.3, -0.25) is 19.2 Å². The summed E-state index contributed by atoms with van der Waals surface area (Å²) in [5, 5.41) is 32.9. The molecule has 0 spiro atoms. The first-order valence-electron chi connectivity index (χ1n) is 14.3. The monoisotopic (exact) mass is 669 g/mol. The van der Waals surface area contributed by atoms with E-state index in [4.69, 9.17) is 0 Å². The van der Waals surface area contributed by atoms with Gasteiger partial charge in [-0.15, -0.1) is 0 Å². The van der Waals surface area contributed by atoms with Gasteiger partial charge >= 0.3 is 18.3 Å². The zero-order valence-electron chi connectivity index (χ0n) is 24.5. The third-order valence-electron chi connectivity index (χ3n) is 7.74. The zero-order valence-corrected chi connectivity index (χ0v) is 25.3. The number of rotatable bonds is 17. The molecule has 254 valence electrons. The predicted molar refractivity (Wildman–Crippen MR) is 148 cm³/mol. The molecule has 8 nitrogen and oxygen atoms in total. The maximum Gasteiger partial charge on any atom is 0.453 e. The lowest BCUT2D eigenvalue weighted by atomic mass is 10.0. The van der Waals surface area contributed by atoms with Gasteiger partial charge in [-0.25, -0.2) is 0 Å². The number of hydrogen-bond donors (Lipinski definition) is 2. The van der Waals surface area contributed by atoms with Crippen molar-refractivity contribution in [3.63, 3.8) is 0 Å². The SMILES string of the molecule is CC1(C)C(O)N(c2ccc([N+](=O)[O-])c(C(F)(F)F)c2)C(O)N1CCCCCCCCCCS(=O)CCCC(F)(F)C(F)(F)F. The first-order chi connectivity index (χ1) is 20.2. The van der Waals surface area contributed by atoms with Crippen LogP contribution in [0.15, 0.2) is 18.2 Å². The Hall–Kier alpha value is -2.11. The predicted octanol–water partition coefficient (Wildman–Crippen LogP) is 6.96. The summed E-state index contributed by atoms with van der Waals surface area (Å²) in [7, 11) is -1.45. The van der Waals surface area contributed by atoms with Gasteiger partial charge in [0.1, 0.15) is 11.8 Å². The van der Waals surface area contributed by atoms with Crippen molar-refractivity contribution in [3.8, 4) is 0 Å². The Labute approximate surface area is 253 Å². The molecule has 2 N–H and O–H groups in total. The number of aliphatic hydroxyl groups excluding tert-OH is 2. The number of aliphatic hydroxyl groups is 2. The highest BCUT2D eigenvalue weighted by atomic mass is 32.2. The Kier molecular flexibility index (Phi) is 13.4. The lowest BCUT2D eigenvalue weighted by Crippen LogP contribution is -2.47. The molecular weight excluding hydrogens is 630 g/mol. The van der Waals surface area contributed by atoms with Crippen LogP contribution in [0.5, 0.6) is 0 Å². The van der Waals surface area contributed by atoms with E-state index in [0.717, 1.165) is 49.5 Å². The lowest BCUT2D eigenvalue weighted by Gasteiger charge is -2.32. The summed E-state index contributed by atoms with van der Waals surface area (Å²) >= 11 is 0. The summed E-state index contributed by atoms with van der Waals surface area (Å²) in [5.41, 5.74) is -3.90. The van der Waals surface area contributed by atoms with Crippen molar-refractivity contribution in [1.82, 2.24) is 4.90 Å². The molecule has 17 heteroatoms. The van der Waals surface area contributed by atoms with E-state index >= 15 is 0 Å². The first-order valence-corrected chi connectivity index (χ1v) is 15.8. The maximum atomic E-state index is 13.5. The minimum absolute atomic E-state index is 0.203. The molecule has 2 rings (SSSR count). The van der Waals surface area contributed by atoms with Gasteiger partial charge in [0, 0.05) is 47.0 Å². The van der Waals surface area contributed by atoms with Crippen LogP contribution in [0.4, 0.5) is 46.5 Å². The highest BCUT2D eigenvalue weighted by Crippen LogP contribution is 2.42. The van der Waals surface area contributed by atoms with E-state index in [1.807, 2.05) is 0 Å². The molecule has 1 aromatic carbocycles. The molecule has 1 aliphatic rings. The quantitative estimate of drug-likeness (QED) is 0.0800. The van der Waals surface area contributed by atoms with Crippen LogP contribution in [0.25, 0.3) is 0 Å². The van der Waals surface area contributed by atoms with Crippen LogP contribution in [0.2, 0.25) is 0 Å². The smallest absolute Gasteiger partial charge is 0.372 e. The molecule has 0 aromatic heterocycles. The molecule has 0 aliphatic carbocycles. The van der Waals surface area contributed by atoms with Crippen molar-refractivity contribution in [2.24, 2.45) is 0 Å². The van der Waals surface area contributed by atoms with E-state index in [-0.39, 0.29) is 17.2 Å². The van der Waals surface area contributed by atoms with Crippen LogP contribution in [0.1, 0.15) is 83.6 Å². The second-order valence-electron chi connectivity index (χ2n) is 11.4. The number of hydrogen-bond acceptors (Lipinski definition) is 7. The van der Waals surface area contributed by atoms with Crippen molar-refractivity contribution in [1.29, 1.82) is 0 Å². The van der Waals surface area contributed by atoms with E-state index in [1.165, 1.54) is 0 Å². The first kappa shape index (κ1) is 38.1. The van der Waals surface area contributed by atoms with E-state index in [9.17, 15) is 59.7 Å². The van der Waals surface area contributed by atoms with Crippen molar-refractivity contribution >= 4 is 22.2 Å². The Balaban J connectivity index is 1.72. The summed E-state index contributed by atoms with van der Waals surface area (Å²) < 4.78 is 115. The minimum atomic E-state index is -5.60. The Morgan fingerprint density at radius 2 is 1.41 bits per heavy atom. The average Bonchev–Trinajstić information content (AvgIpc) is 3.06. The van der Waals surface area contributed by atoms with Crippen molar-refractivity contribution < 1.29 is 54.5 Å². The van der Waals surface area contributed by atoms with Crippen LogP contribution < -0.4 is 4.90 Å². The minimum Gasteiger partial charge on any atom is -0.372 e. The second-order valence-corrected chi connectivity index (χ2v) is 13.1. The molecular formula is C27H39F8N3O5S. The van der Waals surface area contributed by atoms with Crippen LogP contribution in [-0.2, 0) is 17.0 Å². The molecule has 0 radical (unpaired) electrons. The van der Waals surface area contributed by atoms with Crippen molar-refractivity contribution in [3.05, 3.63) is 33.9 Å². The third kappa shape index (κ3) is 9.94. The molecule has 1 fully saturated rings. The Morgan fingerprint density at radius 3 is 1.93 bits per heavy atom. The summed E-state index contributed by atoms with van der Waals surface area (Å²) in [4.78, 5) is 12.5. The number of nitrogens with zero attached hydrogens (tertiary/aromatic N) is 3. The van der Waals surface area contributed by atoms with Gasteiger partial charge in [0.05, 0.1) is 10.5 Å². The fraction of sp³-hybridized carbons (Fsp3) is 0.778.